The van der Waals surface area contributed by atoms with Crippen LogP contribution in [0.25, 0.3) is 0 Å². The summed E-state index contributed by atoms with van der Waals surface area (Å²) in [6, 6.07) is 12.4. The summed E-state index contributed by atoms with van der Waals surface area (Å²) in [5, 5.41) is 18.7. The second-order valence-corrected chi connectivity index (χ2v) is 12.3. The first kappa shape index (κ1) is 28.6. The summed E-state index contributed by atoms with van der Waals surface area (Å²) < 4.78 is 0. The minimum atomic E-state index is -0.101. The molecule has 3 aliphatic rings. The van der Waals surface area contributed by atoms with Crippen LogP contribution in [0, 0.1) is 34.0 Å². The van der Waals surface area contributed by atoms with Crippen molar-refractivity contribution in [1.82, 2.24) is 14.7 Å². The first-order valence-electron chi connectivity index (χ1n) is 14.2. The number of amides is 2. The molecule has 2 fully saturated rings. The van der Waals surface area contributed by atoms with Gasteiger partial charge in [0.1, 0.15) is 0 Å². The van der Waals surface area contributed by atoms with Gasteiger partial charge in [0.2, 0.25) is 11.8 Å². The lowest BCUT2D eigenvalue weighted by Crippen LogP contribution is -2.60. The molecule has 7 heteroatoms. The Morgan fingerprint density at radius 2 is 1.67 bits per heavy atom. The number of allylic oxidation sites excluding steroid dienone is 3. The van der Waals surface area contributed by atoms with Crippen LogP contribution in [0.3, 0.4) is 0 Å². The number of piperidine rings is 1. The number of carbonyl (C=O) groups is 2. The number of carbonyl (C=O) groups excluding carboxylic acids is 2. The summed E-state index contributed by atoms with van der Waals surface area (Å²) in [5.41, 5.74) is 3.74. The van der Waals surface area contributed by atoms with Crippen LogP contribution in [-0.4, -0.2) is 65.3 Å². The molecule has 0 saturated carbocycles. The van der Waals surface area contributed by atoms with Crippen molar-refractivity contribution < 1.29 is 9.59 Å². The van der Waals surface area contributed by atoms with Crippen LogP contribution in [0.15, 0.2) is 47.6 Å². The van der Waals surface area contributed by atoms with Crippen molar-refractivity contribution in [2.75, 3.05) is 32.7 Å². The van der Waals surface area contributed by atoms with E-state index in [1.54, 1.807) is 6.92 Å². The van der Waals surface area contributed by atoms with Gasteiger partial charge >= 0.3 is 0 Å². The Morgan fingerprint density at radius 3 is 2.21 bits per heavy atom. The average molecular weight is 528 g/mol. The zero-order chi connectivity index (χ0) is 28.2. The van der Waals surface area contributed by atoms with E-state index >= 15 is 0 Å². The highest BCUT2D eigenvalue weighted by atomic mass is 16.2. The molecular weight excluding hydrogens is 486 g/mol. The Bertz CT molecular complexity index is 1200. The predicted octanol–water partition coefficient (Wildman–Crippen LogP) is 4.98. The van der Waals surface area contributed by atoms with Crippen LogP contribution >= 0.6 is 0 Å². The maximum absolute atomic E-state index is 13.7. The monoisotopic (exact) mass is 527 g/mol. The number of hydrogen-bond donors (Lipinski definition) is 0. The van der Waals surface area contributed by atoms with Gasteiger partial charge in [-0.25, -0.2) is 0 Å². The third kappa shape index (κ3) is 6.78. The molecule has 206 valence electrons. The second kappa shape index (κ2) is 12.2. The van der Waals surface area contributed by atoms with Crippen LogP contribution in [-0.2, 0) is 9.59 Å². The number of hydrogen-bond acceptors (Lipinski definition) is 5. The summed E-state index contributed by atoms with van der Waals surface area (Å²) in [6.07, 6.45) is 7.92. The molecule has 2 heterocycles. The van der Waals surface area contributed by atoms with E-state index < -0.39 is 0 Å². The van der Waals surface area contributed by atoms with Gasteiger partial charge in [-0.05, 0) is 66.4 Å². The molecule has 2 saturated heterocycles. The van der Waals surface area contributed by atoms with E-state index in [0.717, 1.165) is 63.0 Å². The lowest BCUT2D eigenvalue weighted by Gasteiger charge is -2.50. The molecule has 2 aliphatic heterocycles. The normalized spacial score (nSPS) is 21.8. The number of piperazine rings is 1. The van der Waals surface area contributed by atoms with Crippen molar-refractivity contribution in [3.63, 3.8) is 0 Å². The maximum atomic E-state index is 13.7. The van der Waals surface area contributed by atoms with E-state index in [1.165, 1.54) is 5.57 Å². The fraction of sp³-hybridized carbons (Fsp3) is 0.562. The third-order valence-electron chi connectivity index (χ3n) is 8.65. The van der Waals surface area contributed by atoms with Gasteiger partial charge in [0.15, 0.2) is 0 Å². The van der Waals surface area contributed by atoms with Gasteiger partial charge in [-0.15, -0.1) is 0 Å². The fourth-order valence-electron chi connectivity index (χ4n) is 6.27. The first-order chi connectivity index (χ1) is 18.6. The molecule has 2 atom stereocenters. The van der Waals surface area contributed by atoms with Crippen molar-refractivity contribution >= 4 is 11.8 Å². The maximum Gasteiger partial charge on any atom is 0.223 e. The molecule has 0 N–H and O–H groups in total. The average Bonchev–Trinajstić information content (AvgIpc) is 2.93. The van der Waals surface area contributed by atoms with Crippen LogP contribution in [0.5, 0.6) is 0 Å². The standard InChI is InChI=1S/C32H41N5O2/c1-23(38)35-15-13-24(14-16-35)19-30(39)37-18-17-36(22-29(37)32(2,3)4)31(27-9-5-25(20-33)6-10-27)28-11-7-26(21-34)8-12-28/h5-7,9-11,24,29,31H,8,12-19,22H2,1-4H3. The van der Waals surface area contributed by atoms with Crippen LogP contribution in [0.4, 0.5) is 0 Å². The van der Waals surface area contributed by atoms with Crippen molar-refractivity contribution in [2.45, 2.75) is 71.9 Å². The molecule has 1 aromatic rings. The van der Waals surface area contributed by atoms with E-state index in [4.69, 9.17) is 0 Å². The molecule has 2 unspecified atom stereocenters. The summed E-state index contributed by atoms with van der Waals surface area (Å²) >= 11 is 0. The largest absolute Gasteiger partial charge is 0.343 e. The quantitative estimate of drug-likeness (QED) is 0.539. The second-order valence-electron chi connectivity index (χ2n) is 12.3. The smallest absolute Gasteiger partial charge is 0.223 e. The van der Waals surface area contributed by atoms with E-state index in [2.05, 4.69) is 48.8 Å². The zero-order valence-corrected chi connectivity index (χ0v) is 23.8. The van der Waals surface area contributed by atoms with Gasteiger partial charge in [0, 0.05) is 57.7 Å². The minimum absolute atomic E-state index is 0.0345. The number of nitrogens with zero attached hydrogens (tertiary/aromatic N) is 5. The third-order valence-corrected chi connectivity index (χ3v) is 8.65. The number of likely N-dealkylation sites (tertiary alicyclic amines) is 1. The molecule has 0 aromatic heterocycles. The summed E-state index contributed by atoms with van der Waals surface area (Å²) in [7, 11) is 0. The van der Waals surface area contributed by atoms with E-state index in [9.17, 15) is 20.1 Å². The topological polar surface area (TPSA) is 91.4 Å². The molecule has 0 radical (unpaired) electrons. The van der Waals surface area contributed by atoms with E-state index in [0.29, 0.717) is 24.4 Å². The van der Waals surface area contributed by atoms with Crippen molar-refractivity contribution in [1.29, 1.82) is 10.5 Å². The van der Waals surface area contributed by atoms with Gasteiger partial charge in [-0.1, -0.05) is 39.0 Å². The highest BCUT2D eigenvalue weighted by Gasteiger charge is 2.41. The molecule has 7 nitrogen and oxygen atoms in total. The highest BCUT2D eigenvalue weighted by Crippen LogP contribution is 2.38. The molecule has 1 aromatic carbocycles. The molecule has 0 spiro atoms. The lowest BCUT2D eigenvalue weighted by molar-refractivity contribution is -0.141. The fourth-order valence-corrected chi connectivity index (χ4v) is 6.27. The van der Waals surface area contributed by atoms with Crippen LogP contribution in [0.1, 0.15) is 77.0 Å². The Kier molecular flexibility index (Phi) is 8.93. The zero-order valence-electron chi connectivity index (χ0n) is 23.8. The number of nitriles is 2. The Hall–Kier alpha value is -3.42. The van der Waals surface area contributed by atoms with E-state index in [1.807, 2.05) is 35.2 Å². The Balaban J connectivity index is 1.54. The number of benzene rings is 1. The molecule has 2 amide bonds. The number of rotatable bonds is 5. The van der Waals surface area contributed by atoms with Crippen molar-refractivity contribution in [3.8, 4) is 12.1 Å². The Morgan fingerprint density at radius 1 is 0.974 bits per heavy atom. The van der Waals surface area contributed by atoms with Gasteiger partial charge in [-0.3, -0.25) is 14.5 Å². The molecule has 1 aliphatic carbocycles. The van der Waals surface area contributed by atoms with E-state index in [-0.39, 0.29) is 29.3 Å². The predicted molar refractivity (Wildman–Crippen MR) is 151 cm³/mol. The van der Waals surface area contributed by atoms with Gasteiger partial charge in [0.05, 0.1) is 23.7 Å². The van der Waals surface area contributed by atoms with Gasteiger partial charge in [0.25, 0.3) is 0 Å². The van der Waals surface area contributed by atoms with Crippen LogP contribution in [0.2, 0.25) is 0 Å². The SMILES string of the molecule is CC(=O)N1CCC(CC(=O)N2CCN(C(C3=CC=C(C#N)CC3)c3ccc(C#N)cc3)CC2C(C)(C)C)CC1. The van der Waals surface area contributed by atoms with Crippen molar-refractivity contribution in [2.24, 2.45) is 11.3 Å². The highest BCUT2D eigenvalue weighted by molar-refractivity contribution is 5.77. The van der Waals surface area contributed by atoms with Crippen LogP contribution < -0.4 is 0 Å². The molecule has 4 rings (SSSR count). The van der Waals surface area contributed by atoms with Gasteiger partial charge < -0.3 is 9.80 Å². The minimum Gasteiger partial charge on any atom is -0.343 e. The molecular formula is C32H41N5O2. The van der Waals surface area contributed by atoms with Gasteiger partial charge in [-0.2, -0.15) is 10.5 Å². The lowest BCUT2D eigenvalue weighted by atomic mass is 9.81. The summed E-state index contributed by atoms with van der Waals surface area (Å²) in [5.74, 6) is 0.670. The molecule has 39 heavy (non-hydrogen) atoms. The first-order valence-corrected chi connectivity index (χ1v) is 14.2. The van der Waals surface area contributed by atoms with Crippen molar-refractivity contribution in [3.05, 3.63) is 58.7 Å². The Labute approximate surface area is 233 Å². The molecule has 0 bridgehead atoms. The summed E-state index contributed by atoms with van der Waals surface area (Å²) in [4.78, 5) is 31.9. The summed E-state index contributed by atoms with van der Waals surface area (Å²) in [6.45, 7) is 11.9.